The minimum atomic E-state index is 0.361. The molecule has 0 saturated carbocycles. The topological polar surface area (TPSA) is 29.5 Å². The minimum absolute atomic E-state index is 0.361. The molecule has 0 fully saturated rings. The molecular weight excluding hydrogens is 244 g/mol. The zero-order valence-electron chi connectivity index (χ0n) is 9.93. The fourth-order valence-electron chi connectivity index (χ4n) is 2.04. The van der Waals surface area contributed by atoms with Crippen LogP contribution < -0.4 is 4.74 Å². The molecule has 0 unspecified atom stereocenters. The maximum absolute atomic E-state index is 9.98. The second-order valence-corrected chi connectivity index (χ2v) is 5.32. The molecule has 2 aromatic rings. The number of phenolic OH excluding ortho intramolecular Hbond substituents is 1. The lowest BCUT2D eigenvalue weighted by Crippen LogP contribution is -1.86. The normalized spacial score (nSPS) is 13.1. The molecule has 0 radical (unpaired) electrons. The second-order valence-electron chi connectivity index (χ2n) is 4.30. The Morgan fingerprint density at radius 2 is 2.00 bits per heavy atom. The number of thioether (sulfide) groups is 1. The zero-order valence-corrected chi connectivity index (χ0v) is 10.7. The number of aromatic hydroxyl groups is 1. The number of hydrogen-bond acceptors (Lipinski definition) is 3. The highest BCUT2D eigenvalue weighted by molar-refractivity contribution is 7.98. The Morgan fingerprint density at radius 3 is 2.83 bits per heavy atom. The average molecular weight is 258 g/mol. The van der Waals surface area contributed by atoms with Crippen LogP contribution in [0.5, 0.6) is 11.5 Å². The lowest BCUT2D eigenvalue weighted by Gasteiger charge is -2.07. The lowest BCUT2D eigenvalue weighted by molar-refractivity contribution is 0.355. The van der Waals surface area contributed by atoms with Crippen LogP contribution in [0.1, 0.15) is 11.1 Å². The van der Waals surface area contributed by atoms with Crippen LogP contribution in [0.2, 0.25) is 0 Å². The van der Waals surface area contributed by atoms with Crippen molar-refractivity contribution in [3.8, 4) is 11.5 Å². The van der Waals surface area contributed by atoms with Crippen LogP contribution in [0.4, 0.5) is 0 Å². The van der Waals surface area contributed by atoms with E-state index in [0.29, 0.717) is 5.75 Å². The van der Waals surface area contributed by atoms with Gasteiger partial charge in [-0.1, -0.05) is 30.3 Å². The number of ether oxygens (including phenoxy) is 1. The molecule has 0 bridgehead atoms. The largest absolute Gasteiger partial charge is 0.507 e. The predicted molar refractivity (Wildman–Crippen MR) is 73.3 cm³/mol. The lowest BCUT2D eigenvalue weighted by atomic mass is 10.1. The number of phenols is 1. The van der Waals surface area contributed by atoms with E-state index in [1.165, 1.54) is 5.56 Å². The Bertz CT molecular complexity index is 552. The fourth-order valence-corrected chi connectivity index (χ4v) is 2.96. The number of rotatable bonds is 3. The molecule has 0 spiro atoms. The summed E-state index contributed by atoms with van der Waals surface area (Å²) in [6.07, 6.45) is 0.895. The summed E-state index contributed by atoms with van der Waals surface area (Å²) in [5.74, 6) is 2.14. The van der Waals surface area contributed by atoms with Gasteiger partial charge in [-0.3, -0.25) is 0 Å². The molecule has 2 aromatic carbocycles. The Morgan fingerprint density at radius 1 is 1.17 bits per heavy atom. The molecular formula is C15H14O2S. The Hall–Kier alpha value is -1.61. The Labute approximate surface area is 111 Å². The van der Waals surface area contributed by atoms with E-state index in [9.17, 15) is 5.11 Å². The third kappa shape index (κ3) is 2.31. The molecule has 0 aromatic heterocycles. The molecule has 3 rings (SSSR count). The predicted octanol–water partition coefficient (Wildman–Crippen LogP) is 3.62. The van der Waals surface area contributed by atoms with Crippen LogP contribution in [-0.4, -0.2) is 11.7 Å². The molecule has 1 aliphatic rings. The van der Waals surface area contributed by atoms with Gasteiger partial charge < -0.3 is 9.84 Å². The molecule has 0 atom stereocenters. The van der Waals surface area contributed by atoms with Crippen molar-refractivity contribution in [1.29, 1.82) is 0 Å². The highest BCUT2D eigenvalue weighted by atomic mass is 32.2. The van der Waals surface area contributed by atoms with E-state index in [4.69, 9.17) is 4.74 Å². The van der Waals surface area contributed by atoms with E-state index in [1.807, 2.05) is 30.3 Å². The summed E-state index contributed by atoms with van der Waals surface area (Å²) in [7, 11) is 0. The van der Waals surface area contributed by atoms with Crippen LogP contribution in [0.3, 0.4) is 0 Å². The molecule has 1 aliphatic heterocycles. The van der Waals surface area contributed by atoms with Crippen LogP contribution >= 0.6 is 11.8 Å². The highest BCUT2D eigenvalue weighted by Gasteiger charge is 2.15. The summed E-state index contributed by atoms with van der Waals surface area (Å²) in [6, 6.07) is 14.0. The van der Waals surface area contributed by atoms with Crippen molar-refractivity contribution < 1.29 is 9.84 Å². The van der Waals surface area contributed by atoms with Gasteiger partial charge >= 0.3 is 0 Å². The van der Waals surface area contributed by atoms with E-state index >= 15 is 0 Å². The second kappa shape index (κ2) is 4.94. The first-order valence-electron chi connectivity index (χ1n) is 5.98. The van der Waals surface area contributed by atoms with Crippen molar-refractivity contribution in [2.75, 3.05) is 6.61 Å². The highest BCUT2D eigenvalue weighted by Crippen LogP contribution is 2.38. The first kappa shape index (κ1) is 11.5. The van der Waals surface area contributed by atoms with Crippen LogP contribution in [0.15, 0.2) is 47.4 Å². The summed E-state index contributed by atoms with van der Waals surface area (Å²) in [4.78, 5) is 0.888. The maximum Gasteiger partial charge on any atom is 0.129 e. The molecule has 18 heavy (non-hydrogen) atoms. The van der Waals surface area contributed by atoms with Gasteiger partial charge in [0, 0.05) is 17.7 Å². The van der Waals surface area contributed by atoms with Gasteiger partial charge in [0.05, 0.1) is 11.5 Å². The van der Waals surface area contributed by atoms with Crippen LogP contribution in [0.25, 0.3) is 0 Å². The Kier molecular flexibility index (Phi) is 3.15. The van der Waals surface area contributed by atoms with Gasteiger partial charge in [0.1, 0.15) is 11.5 Å². The van der Waals surface area contributed by atoms with E-state index < -0.39 is 0 Å². The molecule has 0 amide bonds. The van der Waals surface area contributed by atoms with Crippen LogP contribution in [-0.2, 0) is 12.2 Å². The number of hydrogen-bond donors (Lipinski definition) is 1. The quantitative estimate of drug-likeness (QED) is 0.853. The van der Waals surface area contributed by atoms with E-state index in [-0.39, 0.29) is 0 Å². The monoisotopic (exact) mass is 258 g/mol. The van der Waals surface area contributed by atoms with Crippen LogP contribution in [0, 0.1) is 0 Å². The van der Waals surface area contributed by atoms with Gasteiger partial charge in [0.2, 0.25) is 0 Å². The average Bonchev–Trinajstić information content (AvgIpc) is 2.84. The molecule has 1 N–H and O–H groups in total. The summed E-state index contributed by atoms with van der Waals surface area (Å²) in [6.45, 7) is 0.724. The summed E-state index contributed by atoms with van der Waals surface area (Å²) in [5.41, 5.74) is 2.36. The SMILES string of the molecule is Oc1cc2c(cc1SCc1ccccc1)OCC2. The van der Waals surface area contributed by atoms with E-state index in [1.54, 1.807) is 11.8 Å². The number of benzene rings is 2. The van der Waals surface area contributed by atoms with Gasteiger partial charge in [-0.15, -0.1) is 11.8 Å². The van der Waals surface area contributed by atoms with Gasteiger partial charge in [-0.2, -0.15) is 0 Å². The molecule has 92 valence electrons. The smallest absolute Gasteiger partial charge is 0.129 e. The molecule has 1 heterocycles. The minimum Gasteiger partial charge on any atom is -0.507 e. The van der Waals surface area contributed by atoms with Gasteiger partial charge in [-0.05, 0) is 17.7 Å². The van der Waals surface area contributed by atoms with E-state index in [2.05, 4.69) is 12.1 Å². The van der Waals surface area contributed by atoms with Gasteiger partial charge in [-0.25, -0.2) is 0 Å². The van der Waals surface area contributed by atoms with Gasteiger partial charge in [0.15, 0.2) is 0 Å². The molecule has 3 heteroatoms. The van der Waals surface area contributed by atoms with Crippen molar-refractivity contribution in [2.45, 2.75) is 17.1 Å². The molecule has 2 nitrogen and oxygen atoms in total. The Balaban J connectivity index is 1.77. The fraction of sp³-hybridized carbons (Fsp3) is 0.200. The van der Waals surface area contributed by atoms with Crippen molar-refractivity contribution in [3.63, 3.8) is 0 Å². The molecule has 0 saturated heterocycles. The third-order valence-electron chi connectivity index (χ3n) is 3.01. The first-order valence-corrected chi connectivity index (χ1v) is 6.97. The summed E-state index contributed by atoms with van der Waals surface area (Å²) < 4.78 is 5.52. The zero-order chi connectivity index (χ0) is 12.4. The van der Waals surface area contributed by atoms with E-state index in [0.717, 1.165) is 35.0 Å². The van der Waals surface area contributed by atoms with Crippen molar-refractivity contribution in [1.82, 2.24) is 0 Å². The maximum atomic E-state index is 9.98. The van der Waals surface area contributed by atoms with Crippen molar-refractivity contribution >= 4 is 11.8 Å². The summed E-state index contributed by atoms with van der Waals surface area (Å²) >= 11 is 1.64. The van der Waals surface area contributed by atoms with Crippen molar-refractivity contribution in [3.05, 3.63) is 53.6 Å². The number of fused-ring (bicyclic) bond motifs is 1. The van der Waals surface area contributed by atoms with Crippen molar-refractivity contribution in [2.24, 2.45) is 0 Å². The summed E-state index contributed by atoms with van der Waals surface area (Å²) in [5, 5.41) is 9.98. The third-order valence-corrected chi connectivity index (χ3v) is 4.12. The van der Waals surface area contributed by atoms with Gasteiger partial charge in [0.25, 0.3) is 0 Å². The molecule has 0 aliphatic carbocycles. The standard InChI is InChI=1S/C15H14O2S/c16-13-8-12-6-7-17-14(12)9-15(13)18-10-11-4-2-1-3-5-11/h1-5,8-9,16H,6-7,10H2. The first-order chi connectivity index (χ1) is 8.83.